The van der Waals surface area contributed by atoms with Gasteiger partial charge >= 0.3 is 0 Å². The molecule has 0 aliphatic rings. The van der Waals surface area contributed by atoms with Gasteiger partial charge in [0.25, 0.3) is 0 Å². The van der Waals surface area contributed by atoms with E-state index in [9.17, 15) is 4.79 Å². The Hall–Kier alpha value is -2.96. The van der Waals surface area contributed by atoms with E-state index in [0.717, 1.165) is 16.6 Å². The van der Waals surface area contributed by atoms with Crippen LogP contribution in [0.3, 0.4) is 0 Å². The molecule has 0 fully saturated rings. The molecule has 26 heavy (non-hydrogen) atoms. The van der Waals surface area contributed by atoms with Crippen LogP contribution in [0.2, 0.25) is 0 Å². The van der Waals surface area contributed by atoms with Crippen molar-refractivity contribution in [1.82, 2.24) is 24.8 Å². The lowest BCUT2D eigenvalue weighted by atomic mass is 9.97. The molecule has 1 atom stereocenters. The van der Waals surface area contributed by atoms with E-state index in [4.69, 9.17) is 0 Å². The smallest absolute Gasteiger partial charge is 0.247 e. The number of rotatable bonds is 6. The van der Waals surface area contributed by atoms with Crippen LogP contribution in [-0.4, -0.2) is 49.9 Å². The van der Waals surface area contributed by atoms with Crippen molar-refractivity contribution < 1.29 is 4.79 Å². The zero-order valence-electron chi connectivity index (χ0n) is 15.6. The largest absolute Gasteiger partial charge is 0.356 e. The summed E-state index contributed by atoms with van der Waals surface area (Å²) >= 11 is 0. The number of aromatic amines is 1. The summed E-state index contributed by atoms with van der Waals surface area (Å²) in [5, 5.41) is 4.27. The minimum absolute atomic E-state index is 0.0407. The molecule has 3 heterocycles. The number of nitrogens with zero attached hydrogens (tertiary/aromatic N) is 4. The molecular formula is C19H24N6O. The van der Waals surface area contributed by atoms with Gasteiger partial charge in [0.05, 0.1) is 0 Å². The van der Waals surface area contributed by atoms with Gasteiger partial charge in [-0.2, -0.15) is 0 Å². The summed E-state index contributed by atoms with van der Waals surface area (Å²) in [6.07, 6.45) is 5.94. The number of pyridine rings is 1. The van der Waals surface area contributed by atoms with Crippen molar-refractivity contribution in [2.45, 2.75) is 32.7 Å². The second-order valence-electron chi connectivity index (χ2n) is 6.50. The predicted molar refractivity (Wildman–Crippen MR) is 103 cm³/mol. The second-order valence-corrected chi connectivity index (χ2v) is 6.50. The number of hydrogen-bond acceptors (Lipinski definition) is 5. The van der Waals surface area contributed by atoms with Crippen LogP contribution in [0.5, 0.6) is 0 Å². The maximum Gasteiger partial charge on any atom is 0.247 e. The quantitative estimate of drug-likeness (QED) is 0.712. The van der Waals surface area contributed by atoms with E-state index >= 15 is 0 Å². The fraction of sp³-hybridized carbons (Fsp3) is 0.368. The Bertz CT molecular complexity index is 921. The maximum atomic E-state index is 12.7. The third-order valence-electron chi connectivity index (χ3n) is 4.75. The molecule has 0 saturated carbocycles. The summed E-state index contributed by atoms with van der Waals surface area (Å²) < 4.78 is 0. The van der Waals surface area contributed by atoms with Gasteiger partial charge in [-0.05, 0) is 38.5 Å². The van der Waals surface area contributed by atoms with Gasteiger partial charge in [0.15, 0.2) is 5.82 Å². The van der Waals surface area contributed by atoms with E-state index in [-0.39, 0.29) is 5.91 Å². The number of likely N-dealkylation sites (N-methyl/N-ethyl adjacent to an activating group) is 1. The number of fused-ring (bicyclic) bond motifs is 1. The molecule has 7 heteroatoms. The average Bonchev–Trinajstić information content (AvgIpc) is 3.11. The van der Waals surface area contributed by atoms with E-state index in [1.807, 2.05) is 46.1 Å². The Balaban J connectivity index is 1.93. The molecule has 0 spiro atoms. The van der Waals surface area contributed by atoms with Crippen LogP contribution in [0.25, 0.3) is 22.4 Å². The Morgan fingerprint density at radius 2 is 2.08 bits per heavy atom. The normalized spacial score (nSPS) is 13.4. The molecule has 0 saturated heterocycles. The summed E-state index contributed by atoms with van der Waals surface area (Å²) in [5.41, 5.74) is 0.951. The van der Waals surface area contributed by atoms with Gasteiger partial charge in [0.2, 0.25) is 5.91 Å². The Morgan fingerprint density at radius 1 is 1.27 bits per heavy atom. The number of H-pyrrole nitrogens is 1. The number of nitrogens with one attached hydrogen (secondary N) is 2. The van der Waals surface area contributed by atoms with Gasteiger partial charge in [0.1, 0.15) is 17.0 Å². The van der Waals surface area contributed by atoms with Crippen LogP contribution in [0.15, 0.2) is 36.8 Å². The number of amides is 1. The lowest BCUT2D eigenvalue weighted by Crippen LogP contribution is -2.50. The molecule has 3 aromatic rings. The van der Waals surface area contributed by atoms with E-state index in [0.29, 0.717) is 24.6 Å². The van der Waals surface area contributed by atoms with E-state index < -0.39 is 5.54 Å². The molecule has 1 amide bonds. The first-order chi connectivity index (χ1) is 12.5. The van der Waals surface area contributed by atoms with Gasteiger partial charge in [-0.1, -0.05) is 6.92 Å². The summed E-state index contributed by atoms with van der Waals surface area (Å²) in [5.74, 6) is 1.25. The molecule has 0 aromatic carbocycles. The predicted octanol–water partition coefficient (Wildman–Crippen LogP) is 3.08. The number of anilines is 1. The topological polar surface area (TPSA) is 86.8 Å². The first-order valence-electron chi connectivity index (χ1n) is 8.77. The lowest BCUT2D eigenvalue weighted by molar-refractivity contribution is -0.134. The van der Waals surface area contributed by atoms with Crippen molar-refractivity contribution in [1.29, 1.82) is 0 Å². The van der Waals surface area contributed by atoms with Gasteiger partial charge in [-0.15, -0.1) is 0 Å². The van der Waals surface area contributed by atoms with Crippen molar-refractivity contribution in [3.05, 3.63) is 36.8 Å². The SMILES string of the molecule is CCN(C)C(=O)[C@@](C)(CC)Nc1ccnc(-c2c[nH]c3ncccc23)n1. The fourth-order valence-corrected chi connectivity index (χ4v) is 2.84. The lowest BCUT2D eigenvalue weighted by Gasteiger charge is -2.32. The van der Waals surface area contributed by atoms with Crippen molar-refractivity contribution in [2.24, 2.45) is 0 Å². The fourth-order valence-electron chi connectivity index (χ4n) is 2.84. The molecular weight excluding hydrogens is 328 g/mol. The number of aromatic nitrogens is 4. The van der Waals surface area contributed by atoms with Crippen LogP contribution in [-0.2, 0) is 4.79 Å². The highest BCUT2D eigenvalue weighted by molar-refractivity contribution is 5.92. The highest BCUT2D eigenvalue weighted by Crippen LogP contribution is 2.26. The molecule has 3 rings (SSSR count). The zero-order valence-corrected chi connectivity index (χ0v) is 15.6. The minimum atomic E-state index is -0.724. The molecule has 0 aliphatic heterocycles. The van der Waals surface area contributed by atoms with E-state index in [1.54, 1.807) is 23.4 Å². The summed E-state index contributed by atoms with van der Waals surface area (Å²) in [4.78, 5) is 30.9. The van der Waals surface area contributed by atoms with Crippen LogP contribution in [0.4, 0.5) is 5.82 Å². The Morgan fingerprint density at radius 3 is 2.81 bits per heavy atom. The van der Waals surface area contributed by atoms with Gasteiger partial charge in [-0.25, -0.2) is 15.0 Å². The van der Waals surface area contributed by atoms with Crippen LogP contribution >= 0.6 is 0 Å². The molecule has 0 aliphatic carbocycles. The van der Waals surface area contributed by atoms with Gasteiger partial charge in [0, 0.05) is 43.1 Å². The van der Waals surface area contributed by atoms with Gasteiger partial charge < -0.3 is 15.2 Å². The third kappa shape index (κ3) is 3.24. The number of carbonyl (C=O) groups excluding carboxylic acids is 1. The van der Waals surface area contributed by atoms with Crippen molar-refractivity contribution in [2.75, 3.05) is 18.9 Å². The van der Waals surface area contributed by atoms with E-state index in [2.05, 4.69) is 25.3 Å². The highest BCUT2D eigenvalue weighted by atomic mass is 16.2. The molecule has 2 N–H and O–H groups in total. The highest BCUT2D eigenvalue weighted by Gasteiger charge is 2.33. The van der Waals surface area contributed by atoms with Crippen molar-refractivity contribution in [3.63, 3.8) is 0 Å². The molecule has 0 unspecified atom stereocenters. The standard InChI is InChI=1S/C19H24N6O/c1-5-19(3,18(26)25(4)6-2)24-15-9-11-21-17(23-15)14-12-22-16-13(14)8-7-10-20-16/h7-12H,5-6H2,1-4H3,(H,20,22)(H,21,23,24)/t19-/m1/s1. The Labute approximate surface area is 152 Å². The molecule has 7 nitrogen and oxygen atoms in total. The summed E-state index contributed by atoms with van der Waals surface area (Å²) in [6.45, 7) is 6.51. The minimum Gasteiger partial charge on any atom is -0.356 e. The van der Waals surface area contributed by atoms with E-state index in [1.165, 1.54) is 0 Å². The zero-order chi connectivity index (χ0) is 18.7. The molecule has 0 bridgehead atoms. The maximum absolute atomic E-state index is 12.7. The van der Waals surface area contributed by atoms with Crippen molar-refractivity contribution >= 4 is 22.8 Å². The van der Waals surface area contributed by atoms with Crippen LogP contribution < -0.4 is 5.32 Å². The first-order valence-corrected chi connectivity index (χ1v) is 8.77. The third-order valence-corrected chi connectivity index (χ3v) is 4.75. The second kappa shape index (κ2) is 7.11. The molecule has 0 radical (unpaired) electrons. The summed E-state index contributed by atoms with van der Waals surface area (Å²) in [6, 6.07) is 5.65. The van der Waals surface area contributed by atoms with Crippen molar-refractivity contribution in [3.8, 4) is 11.4 Å². The average molecular weight is 352 g/mol. The van der Waals surface area contributed by atoms with Gasteiger partial charge in [-0.3, -0.25) is 4.79 Å². The Kier molecular flexibility index (Phi) is 4.88. The number of carbonyl (C=O) groups is 1. The molecule has 3 aromatic heterocycles. The van der Waals surface area contributed by atoms with Crippen LogP contribution in [0.1, 0.15) is 27.2 Å². The number of hydrogen-bond donors (Lipinski definition) is 2. The molecule has 136 valence electrons. The summed E-state index contributed by atoms with van der Waals surface area (Å²) in [7, 11) is 1.81. The van der Waals surface area contributed by atoms with Crippen LogP contribution in [0, 0.1) is 0 Å². The monoisotopic (exact) mass is 352 g/mol. The first kappa shape index (κ1) is 17.8.